The molecule has 0 amide bonds. The smallest absolute Gasteiger partial charge is 0.202 e. The van der Waals surface area contributed by atoms with Crippen molar-refractivity contribution >= 4 is 5.95 Å². The molecule has 0 radical (unpaired) electrons. The van der Waals surface area contributed by atoms with Gasteiger partial charge in [0.2, 0.25) is 5.95 Å². The van der Waals surface area contributed by atoms with Crippen LogP contribution < -0.4 is 5.32 Å². The second-order valence-corrected chi connectivity index (χ2v) is 6.08. The van der Waals surface area contributed by atoms with Gasteiger partial charge in [-0.1, -0.05) is 13.8 Å². The summed E-state index contributed by atoms with van der Waals surface area (Å²) in [5, 5.41) is 3.37. The van der Waals surface area contributed by atoms with Gasteiger partial charge in [-0.2, -0.15) is 0 Å². The summed E-state index contributed by atoms with van der Waals surface area (Å²) >= 11 is 0. The molecule has 0 unspecified atom stereocenters. The van der Waals surface area contributed by atoms with Crippen molar-refractivity contribution in [2.45, 2.75) is 40.3 Å². The molecule has 4 heteroatoms. The van der Waals surface area contributed by atoms with Gasteiger partial charge in [0.1, 0.15) is 0 Å². The van der Waals surface area contributed by atoms with Gasteiger partial charge in [-0.25, -0.2) is 4.98 Å². The van der Waals surface area contributed by atoms with E-state index >= 15 is 0 Å². The molecule has 0 aliphatic heterocycles. The van der Waals surface area contributed by atoms with Crippen LogP contribution in [0.2, 0.25) is 0 Å². The minimum atomic E-state index is 0.234. The Morgan fingerprint density at radius 2 is 2.06 bits per heavy atom. The van der Waals surface area contributed by atoms with Gasteiger partial charge in [0.05, 0.1) is 0 Å². The van der Waals surface area contributed by atoms with E-state index in [1.807, 2.05) is 12.4 Å². The summed E-state index contributed by atoms with van der Waals surface area (Å²) in [7, 11) is 4.23. The van der Waals surface area contributed by atoms with Crippen molar-refractivity contribution in [1.82, 2.24) is 14.5 Å². The standard InChI is InChI=1S/C13H26N4/c1-11(2)15-12-14-7-8-17(12)10-13(3,4)9-16(5)6/h7-8,11H,9-10H2,1-6H3,(H,14,15). The van der Waals surface area contributed by atoms with E-state index in [0.29, 0.717) is 6.04 Å². The highest BCUT2D eigenvalue weighted by Gasteiger charge is 2.20. The molecule has 0 aromatic carbocycles. The van der Waals surface area contributed by atoms with Gasteiger partial charge in [-0.15, -0.1) is 0 Å². The lowest BCUT2D eigenvalue weighted by Gasteiger charge is -2.29. The molecule has 1 N–H and O–H groups in total. The molecule has 1 aromatic rings. The molecule has 1 aromatic heterocycles. The van der Waals surface area contributed by atoms with Crippen molar-refractivity contribution in [2.75, 3.05) is 26.0 Å². The summed E-state index contributed by atoms with van der Waals surface area (Å²) in [6.45, 7) is 10.9. The first-order valence-electron chi connectivity index (χ1n) is 6.22. The Balaban J connectivity index is 2.70. The number of aromatic nitrogens is 2. The van der Waals surface area contributed by atoms with Gasteiger partial charge in [0, 0.05) is 31.5 Å². The van der Waals surface area contributed by atoms with Crippen molar-refractivity contribution in [3.05, 3.63) is 12.4 Å². The van der Waals surface area contributed by atoms with Gasteiger partial charge in [0.25, 0.3) is 0 Å². The van der Waals surface area contributed by atoms with Gasteiger partial charge >= 0.3 is 0 Å². The second-order valence-electron chi connectivity index (χ2n) is 6.08. The second kappa shape index (κ2) is 5.54. The van der Waals surface area contributed by atoms with E-state index in [-0.39, 0.29) is 5.41 Å². The Kier molecular flexibility index (Phi) is 4.57. The molecule has 0 atom stereocenters. The van der Waals surface area contributed by atoms with Crippen LogP contribution in [-0.2, 0) is 6.54 Å². The molecule has 0 fully saturated rings. The topological polar surface area (TPSA) is 33.1 Å². The number of anilines is 1. The van der Waals surface area contributed by atoms with Crippen LogP contribution >= 0.6 is 0 Å². The van der Waals surface area contributed by atoms with Crippen LogP contribution in [0, 0.1) is 5.41 Å². The minimum absolute atomic E-state index is 0.234. The quantitative estimate of drug-likeness (QED) is 0.825. The molecule has 0 saturated carbocycles. The first-order chi connectivity index (χ1) is 7.80. The lowest BCUT2D eigenvalue weighted by atomic mass is 9.93. The molecule has 98 valence electrons. The number of rotatable bonds is 6. The number of nitrogens with zero attached hydrogens (tertiary/aromatic N) is 3. The van der Waals surface area contributed by atoms with E-state index in [2.05, 4.69) is 61.6 Å². The molecule has 0 aliphatic rings. The first-order valence-corrected chi connectivity index (χ1v) is 6.22. The summed E-state index contributed by atoms with van der Waals surface area (Å²) in [5.41, 5.74) is 0.234. The molecule has 0 aliphatic carbocycles. The monoisotopic (exact) mass is 238 g/mol. The van der Waals surface area contributed by atoms with E-state index in [9.17, 15) is 0 Å². The van der Waals surface area contributed by atoms with Crippen LogP contribution in [0.3, 0.4) is 0 Å². The lowest BCUT2D eigenvalue weighted by Crippen LogP contribution is -2.32. The van der Waals surface area contributed by atoms with E-state index in [4.69, 9.17) is 0 Å². The molecule has 0 spiro atoms. The van der Waals surface area contributed by atoms with E-state index in [1.165, 1.54) is 0 Å². The highest BCUT2D eigenvalue weighted by atomic mass is 15.2. The van der Waals surface area contributed by atoms with Gasteiger partial charge in [-0.3, -0.25) is 0 Å². The molecular formula is C13H26N4. The zero-order valence-electron chi connectivity index (χ0n) is 12.0. The Bertz CT molecular complexity index is 339. The third-order valence-corrected chi connectivity index (χ3v) is 2.48. The van der Waals surface area contributed by atoms with E-state index in [1.54, 1.807) is 0 Å². The van der Waals surface area contributed by atoms with Crippen molar-refractivity contribution in [3.8, 4) is 0 Å². The predicted molar refractivity (Wildman–Crippen MR) is 73.3 cm³/mol. The Labute approximate surface area is 105 Å². The minimum Gasteiger partial charge on any atom is -0.353 e. The zero-order chi connectivity index (χ0) is 13.1. The fraction of sp³-hybridized carbons (Fsp3) is 0.769. The van der Waals surface area contributed by atoms with E-state index in [0.717, 1.165) is 19.0 Å². The Morgan fingerprint density at radius 1 is 1.41 bits per heavy atom. The van der Waals surface area contributed by atoms with Crippen LogP contribution in [0.25, 0.3) is 0 Å². The molecule has 1 heterocycles. The molecule has 1 rings (SSSR count). The SMILES string of the molecule is CC(C)Nc1nccn1CC(C)(C)CN(C)C. The number of hydrogen-bond donors (Lipinski definition) is 1. The van der Waals surface area contributed by atoms with Crippen molar-refractivity contribution in [2.24, 2.45) is 5.41 Å². The fourth-order valence-corrected chi connectivity index (χ4v) is 2.20. The summed E-state index contributed by atoms with van der Waals surface area (Å²) < 4.78 is 2.20. The van der Waals surface area contributed by atoms with Crippen LogP contribution in [-0.4, -0.2) is 41.1 Å². The lowest BCUT2D eigenvalue weighted by molar-refractivity contribution is 0.212. The maximum Gasteiger partial charge on any atom is 0.202 e. The van der Waals surface area contributed by atoms with Crippen molar-refractivity contribution < 1.29 is 0 Å². The van der Waals surface area contributed by atoms with Gasteiger partial charge < -0.3 is 14.8 Å². The summed E-state index contributed by atoms with van der Waals surface area (Å²) in [6.07, 6.45) is 3.90. The highest BCUT2D eigenvalue weighted by molar-refractivity contribution is 5.27. The predicted octanol–water partition coefficient (Wildman–Crippen LogP) is 2.29. The zero-order valence-corrected chi connectivity index (χ0v) is 12.0. The van der Waals surface area contributed by atoms with Crippen LogP contribution in [0.4, 0.5) is 5.95 Å². The van der Waals surface area contributed by atoms with Crippen molar-refractivity contribution in [1.29, 1.82) is 0 Å². The maximum absolute atomic E-state index is 4.36. The third-order valence-electron chi connectivity index (χ3n) is 2.48. The normalized spacial score (nSPS) is 12.5. The number of nitrogens with one attached hydrogen (secondary N) is 1. The Hall–Kier alpha value is -1.03. The molecule has 0 bridgehead atoms. The summed E-state index contributed by atoms with van der Waals surface area (Å²) in [5.74, 6) is 0.965. The van der Waals surface area contributed by atoms with Crippen LogP contribution in [0.1, 0.15) is 27.7 Å². The molecule has 0 saturated heterocycles. The van der Waals surface area contributed by atoms with Crippen LogP contribution in [0.5, 0.6) is 0 Å². The Morgan fingerprint density at radius 3 is 2.59 bits per heavy atom. The fourth-order valence-electron chi connectivity index (χ4n) is 2.20. The third kappa shape index (κ3) is 4.77. The van der Waals surface area contributed by atoms with Gasteiger partial charge in [0.15, 0.2) is 0 Å². The molecule has 4 nitrogen and oxygen atoms in total. The van der Waals surface area contributed by atoms with Crippen molar-refractivity contribution in [3.63, 3.8) is 0 Å². The summed E-state index contributed by atoms with van der Waals surface area (Å²) in [4.78, 5) is 6.59. The average Bonchev–Trinajstić information content (AvgIpc) is 2.48. The number of hydrogen-bond acceptors (Lipinski definition) is 3. The molecular weight excluding hydrogens is 212 g/mol. The molecule has 17 heavy (non-hydrogen) atoms. The average molecular weight is 238 g/mol. The summed E-state index contributed by atoms with van der Waals surface area (Å²) in [6, 6.07) is 0.410. The maximum atomic E-state index is 4.36. The first kappa shape index (κ1) is 14.0. The van der Waals surface area contributed by atoms with E-state index < -0.39 is 0 Å². The largest absolute Gasteiger partial charge is 0.353 e. The van der Waals surface area contributed by atoms with Crippen LogP contribution in [0.15, 0.2) is 12.4 Å². The number of imidazole rings is 1. The highest BCUT2D eigenvalue weighted by Crippen LogP contribution is 2.21. The van der Waals surface area contributed by atoms with Gasteiger partial charge in [-0.05, 0) is 33.4 Å².